The Balaban J connectivity index is 2.49. The summed E-state index contributed by atoms with van der Waals surface area (Å²) in [6.45, 7) is 0. The first-order valence-electron chi connectivity index (χ1n) is 5.98. The third-order valence-corrected chi connectivity index (χ3v) is 4.30. The van der Waals surface area contributed by atoms with E-state index in [1.54, 1.807) is 18.2 Å². The molecule has 0 aromatic heterocycles. The summed E-state index contributed by atoms with van der Waals surface area (Å²) in [5, 5.41) is -0.252. The molecule has 21 heavy (non-hydrogen) atoms. The first-order chi connectivity index (χ1) is 9.97. The molecule has 0 saturated heterocycles. The number of benzene rings is 2. The van der Waals surface area contributed by atoms with Gasteiger partial charge in [0.15, 0.2) is 0 Å². The molecule has 0 aliphatic rings. The Morgan fingerprint density at radius 1 is 1.00 bits per heavy atom. The molecule has 0 spiro atoms. The average Bonchev–Trinajstić information content (AvgIpc) is 2.49. The maximum Gasteiger partial charge on any atom is 0.142 e. The summed E-state index contributed by atoms with van der Waals surface area (Å²) in [5.41, 5.74) is 0.791. The van der Waals surface area contributed by atoms with Crippen LogP contribution in [-0.2, 0) is 0 Å². The zero-order valence-electron chi connectivity index (χ0n) is 11.3. The van der Waals surface area contributed by atoms with Crippen LogP contribution in [0.3, 0.4) is 0 Å². The van der Waals surface area contributed by atoms with Gasteiger partial charge in [-0.1, -0.05) is 33.6 Å². The molecule has 2 rings (SSSR count). The fourth-order valence-corrected chi connectivity index (χ4v) is 2.81. The Morgan fingerprint density at radius 3 is 2.33 bits per heavy atom. The van der Waals surface area contributed by atoms with Crippen molar-refractivity contribution >= 4 is 27.5 Å². The van der Waals surface area contributed by atoms with Gasteiger partial charge in [0.1, 0.15) is 23.1 Å². The number of methoxy groups -OCH3 is 2. The maximum atomic E-state index is 14.0. The molecule has 1 atom stereocenters. The van der Waals surface area contributed by atoms with Gasteiger partial charge in [0.05, 0.1) is 24.1 Å². The standard InChI is InChI=1S/C15H12BrClF2O2/c1-20-8-3-4-9(14(5-8)21-2)15(16)10-6-13(19)11(17)7-12(10)18/h3-7,15H,1-2H3. The molecule has 2 aromatic rings. The summed E-state index contributed by atoms with van der Waals surface area (Å²) >= 11 is 8.93. The molecule has 2 aromatic carbocycles. The molecule has 0 fully saturated rings. The minimum atomic E-state index is -0.676. The van der Waals surface area contributed by atoms with Crippen LogP contribution in [0, 0.1) is 11.6 Å². The topological polar surface area (TPSA) is 18.5 Å². The third-order valence-electron chi connectivity index (χ3n) is 3.03. The maximum absolute atomic E-state index is 14.0. The first kappa shape index (κ1) is 16.0. The van der Waals surface area contributed by atoms with Gasteiger partial charge in [-0.15, -0.1) is 0 Å². The second-order valence-electron chi connectivity index (χ2n) is 4.26. The van der Waals surface area contributed by atoms with Crippen molar-refractivity contribution in [3.63, 3.8) is 0 Å². The molecular weight excluding hydrogens is 366 g/mol. The monoisotopic (exact) mass is 376 g/mol. The van der Waals surface area contributed by atoms with E-state index in [0.717, 1.165) is 12.1 Å². The lowest BCUT2D eigenvalue weighted by Crippen LogP contribution is -2.01. The lowest BCUT2D eigenvalue weighted by molar-refractivity contribution is 0.391. The lowest BCUT2D eigenvalue weighted by Gasteiger charge is -2.16. The highest BCUT2D eigenvalue weighted by Crippen LogP contribution is 2.40. The van der Waals surface area contributed by atoms with E-state index in [4.69, 9.17) is 21.1 Å². The van der Waals surface area contributed by atoms with Crippen LogP contribution in [0.5, 0.6) is 11.5 Å². The fourth-order valence-electron chi connectivity index (χ4n) is 1.93. The molecular formula is C15H12BrClF2O2. The van der Waals surface area contributed by atoms with Gasteiger partial charge >= 0.3 is 0 Å². The summed E-state index contributed by atoms with van der Waals surface area (Å²) in [6.07, 6.45) is 0. The van der Waals surface area contributed by atoms with Gasteiger partial charge in [0.25, 0.3) is 0 Å². The van der Waals surface area contributed by atoms with Crippen LogP contribution >= 0.6 is 27.5 Å². The molecule has 0 aliphatic heterocycles. The summed E-state index contributed by atoms with van der Waals surface area (Å²) in [5.74, 6) is -0.157. The summed E-state index contributed by atoms with van der Waals surface area (Å²) in [6, 6.07) is 7.14. The van der Waals surface area contributed by atoms with Crippen molar-refractivity contribution in [2.75, 3.05) is 14.2 Å². The largest absolute Gasteiger partial charge is 0.497 e. The zero-order valence-corrected chi connectivity index (χ0v) is 13.6. The molecule has 0 N–H and O–H groups in total. The highest BCUT2D eigenvalue weighted by molar-refractivity contribution is 9.09. The van der Waals surface area contributed by atoms with E-state index in [1.807, 2.05) is 0 Å². The van der Waals surface area contributed by atoms with Crippen LogP contribution in [0.15, 0.2) is 30.3 Å². The highest BCUT2D eigenvalue weighted by atomic mass is 79.9. The number of ether oxygens (including phenoxy) is 2. The van der Waals surface area contributed by atoms with Gasteiger partial charge in [0.2, 0.25) is 0 Å². The fraction of sp³-hybridized carbons (Fsp3) is 0.200. The van der Waals surface area contributed by atoms with Crippen LogP contribution in [0.25, 0.3) is 0 Å². The van der Waals surface area contributed by atoms with Crippen LogP contribution in [0.1, 0.15) is 16.0 Å². The van der Waals surface area contributed by atoms with Gasteiger partial charge in [-0.2, -0.15) is 0 Å². The Labute approximate surface area is 134 Å². The molecule has 1 unspecified atom stereocenters. The average molecular weight is 378 g/mol. The van der Waals surface area contributed by atoms with Gasteiger partial charge in [0, 0.05) is 17.2 Å². The number of hydrogen-bond donors (Lipinski definition) is 0. The number of hydrogen-bond acceptors (Lipinski definition) is 2. The van der Waals surface area contributed by atoms with Crippen molar-refractivity contribution in [2.24, 2.45) is 0 Å². The van der Waals surface area contributed by atoms with E-state index in [9.17, 15) is 8.78 Å². The molecule has 0 saturated carbocycles. The minimum absolute atomic E-state index is 0.139. The Hall–Kier alpha value is -1.33. The van der Waals surface area contributed by atoms with Crippen LogP contribution in [-0.4, -0.2) is 14.2 Å². The molecule has 0 aliphatic carbocycles. The Morgan fingerprint density at radius 2 is 1.71 bits per heavy atom. The smallest absolute Gasteiger partial charge is 0.142 e. The predicted octanol–water partition coefficient (Wildman–Crippen LogP) is 5.12. The summed E-state index contributed by atoms with van der Waals surface area (Å²) < 4.78 is 37.9. The minimum Gasteiger partial charge on any atom is -0.497 e. The summed E-state index contributed by atoms with van der Waals surface area (Å²) in [7, 11) is 3.03. The van der Waals surface area contributed by atoms with Crippen molar-refractivity contribution in [2.45, 2.75) is 4.83 Å². The number of rotatable bonds is 4. The predicted molar refractivity (Wildman–Crippen MR) is 81.7 cm³/mol. The van der Waals surface area contributed by atoms with E-state index in [2.05, 4.69) is 15.9 Å². The Kier molecular flexibility index (Phi) is 5.06. The van der Waals surface area contributed by atoms with Crippen molar-refractivity contribution in [3.05, 3.63) is 58.1 Å². The third kappa shape index (κ3) is 3.30. The lowest BCUT2D eigenvalue weighted by atomic mass is 10.0. The number of alkyl halides is 1. The van der Waals surface area contributed by atoms with Crippen LogP contribution in [0.4, 0.5) is 8.78 Å². The van der Waals surface area contributed by atoms with Gasteiger partial charge in [-0.3, -0.25) is 0 Å². The van der Waals surface area contributed by atoms with E-state index >= 15 is 0 Å². The van der Waals surface area contributed by atoms with Gasteiger partial charge in [-0.05, 0) is 18.2 Å². The molecule has 112 valence electrons. The second-order valence-corrected chi connectivity index (χ2v) is 5.58. The summed E-state index contributed by atoms with van der Waals surface area (Å²) in [4.78, 5) is -0.579. The van der Waals surface area contributed by atoms with E-state index in [1.165, 1.54) is 14.2 Å². The normalized spacial score (nSPS) is 12.1. The highest BCUT2D eigenvalue weighted by Gasteiger charge is 2.21. The molecule has 0 amide bonds. The van der Waals surface area contributed by atoms with Gasteiger partial charge < -0.3 is 9.47 Å². The van der Waals surface area contributed by atoms with E-state index in [-0.39, 0.29) is 10.6 Å². The SMILES string of the molecule is COc1ccc(C(Br)c2cc(F)c(Cl)cc2F)c(OC)c1. The molecule has 0 bridgehead atoms. The van der Waals surface area contributed by atoms with Crippen molar-refractivity contribution in [1.82, 2.24) is 0 Å². The van der Waals surface area contributed by atoms with Crippen LogP contribution in [0.2, 0.25) is 5.02 Å². The van der Waals surface area contributed by atoms with Crippen molar-refractivity contribution in [3.8, 4) is 11.5 Å². The number of halogens is 4. The molecule has 0 radical (unpaired) electrons. The molecule has 2 nitrogen and oxygen atoms in total. The van der Waals surface area contributed by atoms with Crippen LogP contribution < -0.4 is 9.47 Å². The second kappa shape index (κ2) is 6.62. The van der Waals surface area contributed by atoms with E-state index < -0.39 is 16.5 Å². The quantitative estimate of drug-likeness (QED) is 0.544. The Bertz CT molecular complexity index is 664. The van der Waals surface area contributed by atoms with Crippen molar-refractivity contribution < 1.29 is 18.3 Å². The van der Waals surface area contributed by atoms with E-state index in [0.29, 0.717) is 17.1 Å². The molecule has 0 heterocycles. The van der Waals surface area contributed by atoms with Gasteiger partial charge in [-0.25, -0.2) is 8.78 Å². The first-order valence-corrected chi connectivity index (χ1v) is 7.27. The van der Waals surface area contributed by atoms with Crippen molar-refractivity contribution in [1.29, 1.82) is 0 Å². The zero-order chi connectivity index (χ0) is 15.6. The molecule has 6 heteroatoms.